The van der Waals surface area contributed by atoms with Gasteiger partial charge in [0, 0.05) is 48.7 Å². The number of carbonyl (C=O) groups excluding carboxylic acids is 1. The number of benzene rings is 4. The van der Waals surface area contributed by atoms with Gasteiger partial charge in [0.25, 0.3) is 5.91 Å². The van der Waals surface area contributed by atoms with Crippen molar-refractivity contribution in [3.8, 4) is 39.7 Å². The molecule has 13 heteroatoms. The maximum Gasteiger partial charge on any atom is 0.255 e. The average molecular weight is 688 g/mol. The van der Waals surface area contributed by atoms with Crippen LogP contribution in [-0.4, -0.2) is 59.5 Å². The highest BCUT2D eigenvalue weighted by molar-refractivity contribution is 7.92. The van der Waals surface area contributed by atoms with E-state index in [0.29, 0.717) is 58.7 Å². The fourth-order valence-electron chi connectivity index (χ4n) is 6.17. The lowest BCUT2D eigenvalue weighted by Gasteiger charge is -2.27. The van der Waals surface area contributed by atoms with Gasteiger partial charge in [-0.05, 0) is 66.6 Å². The van der Waals surface area contributed by atoms with Crippen LogP contribution in [0.4, 0.5) is 14.5 Å². The summed E-state index contributed by atoms with van der Waals surface area (Å²) >= 11 is 0. The lowest BCUT2D eigenvalue weighted by atomic mass is 9.96. The number of sulfonamides is 1. The van der Waals surface area contributed by atoms with Gasteiger partial charge < -0.3 is 23.6 Å². The van der Waals surface area contributed by atoms with Crippen molar-refractivity contribution < 1.29 is 40.3 Å². The van der Waals surface area contributed by atoms with E-state index in [1.165, 1.54) is 54.9 Å². The third-order valence-electron chi connectivity index (χ3n) is 8.59. The van der Waals surface area contributed by atoms with Crippen LogP contribution in [-0.2, 0) is 14.8 Å². The molecule has 6 aromatic rings. The van der Waals surface area contributed by atoms with Gasteiger partial charge in [-0.2, -0.15) is 0 Å². The zero-order chi connectivity index (χ0) is 34.4. The van der Waals surface area contributed by atoms with E-state index in [1.807, 2.05) is 0 Å². The Morgan fingerprint density at radius 2 is 1.78 bits per heavy atom. The highest BCUT2D eigenvalue weighted by Crippen LogP contribution is 2.44. The minimum atomic E-state index is -3.87. The molecule has 1 saturated heterocycles. The highest BCUT2D eigenvalue weighted by atomic mass is 32.2. The minimum absolute atomic E-state index is 0.0519. The molecule has 49 heavy (non-hydrogen) atoms. The molecule has 0 saturated carbocycles. The number of nitrogens with zero attached hydrogens (tertiary/aromatic N) is 2. The Morgan fingerprint density at radius 1 is 1.00 bits per heavy atom. The summed E-state index contributed by atoms with van der Waals surface area (Å²) in [5.74, 6) is -0.851. The van der Waals surface area contributed by atoms with Gasteiger partial charge in [0.05, 0.1) is 36.8 Å². The van der Waals surface area contributed by atoms with Crippen molar-refractivity contribution in [2.75, 3.05) is 44.5 Å². The van der Waals surface area contributed by atoms with Crippen molar-refractivity contribution in [3.63, 3.8) is 0 Å². The van der Waals surface area contributed by atoms with Crippen LogP contribution >= 0.6 is 0 Å². The van der Waals surface area contributed by atoms with E-state index in [1.54, 1.807) is 36.4 Å². The summed E-state index contributed by atoms with van der Waals surface area (Å²) in [4.78, 5) is 17.8. The van der Waals surface area contributed by atoms with Crippen molar-refractivity contribution >= 4 is 43.7 Å². The van der Waals surface area contributed by atoms with Crippen LogP contribution in [0.5, 0.6) is 5.75 Å². The second-order valence-corrected chi connectivity index (χ2v) is 13.7. The number of methoxy groups -OCH3 is 1. The molecule has 7 rings (SSSR count). The number of amides is 1. The first kappa shape index (κ1) is 32.3. The number of oxazole rings is 1. The molecule has 1 amide bonds. The van der Waals surface area contributed by atoms with E-state index in [2.05, 4.69) is 10.3 Å². The van der Waals surface area contributed by atoms with Gasteiger partial charge in [-0.15, -0.1) is 0 Å². The number of para-hydroxylation sites is 1. The third kappa shape index (κ3) is 6.00. The fraction of sp³-hybridized carbons (Fsp3) is 0.222. The molecule has 1 aliphatic rings. The number of furan rings is 1. The van der Waals surface area contributed by atoms with Crippen molar-refractivity contribution in [2.24, 2.45) is 5.92 Å². The molecule has 0 bridgehead atoms. The summed E-state index contributed by atoms with van der Waals surface area (Å²) < 4.78 is 80.2. The number of hydrogen-bond acceptors (Lipinski definition) is 8. The van der Waals surface area contributed by atoms with Crippen LogP contribution < -0.4 is 14.4 Å². The summed E-state index contributed by atoms with van der Waals surface area (Å²) in [5, 5.41) is 3.05. The number of ether oxygens (including phenoxy) is 2. The number of fused-ring (bicyclic) bond motifs is 2. The molecule has 0 radical (unpaired) electrons. The number of nitrogens with one attached hydrogen (secondary N) is 1. The topological polar surface area (TPSA) is 124 Å². The zero-order valence-electron chi connectivity index (χ0n) is 26.8. The molecule has 0 spiro atoms. The third-order valence-corrected chi connectivity index (χ3v) is 9.74. The second kappa shape index (κ2) is 12.6. The predicted molar refractivity (Wildman–Crippen MR) is 181 cm³/mol. The molecule has 0 aliphatic carbocycles. The molecule has 1 aliphatic heterocycles. The van der Waals surface area contributed by atoms with Crippen molar-refractivity contribution in [3.05, 3.63) is 90.0 Å². The maximum absolute atomic E-state index is 14.6. The number of aromatic nitrogens is 1. The zero-order valence-corrected chi connectivity index (χ0v) is 27.6. The molecule has 10 nitrogen and oxygen atoms in total. The van der Waals surface area contributed by atoms with E-state index >= 15 is 0 Å². The van der Waals surface area contributed by atoms with Gasteiger partial charge in [-0.1, -0.05) is 12.1 Å². The largest absolute Gasteiger partial charge is 0.496 e. The number of anilines is 1. The van der Waals surface area contributed by atoms with Crippen molar-refractivity contribution in [1.82, 2.24) is 10.3 Å². The van der Waals surface area contributed by atoms with E-state index in [0.717, 1.165) is 6.26 Å². The molecule has 2 aromatic heterocycles. The summed E-state index contributed by atoms with van der Waals surface area (Å²) in [6, 6.07) is 18.4. The molecule has 4 aromatic carbocycles. The molecule has 1 N–H and O–H groups in total. The summed E-state index contributed by atoms with van der Waals surface area (Å²) in [5.41, 5.74) is 2.85. The smallest absolute Gasteiger partial charge is 0.255 e. The van der Waals surface area contributed by atoms with Gasteiger partial charge in [0.2, 0.25) is 15.9 Å². The van der Waals surface area contributed by atoms with Gasteiger partial charge in [-0.3, -0.25) is 9.10 Å². The number of rotatable bonds is 9. The molecular weight excluding hydrogens is 656 g/mol. The highest BCUT2D eigenvalue weighted by Gasteiger charge is 2.30. The normalized spacial score (nSPS) is 14.8. The first-order chi connectivity index (χ1) is 23.5. The summed E-state index contributed by atoms with van der Waals surface area (Å²) in [6.07, 6.45) is 1.81. The molecule has 1 unspecified atom stereocenters. The maximum atomic E-state index is 14.6. The Balaban J connectivity index is 1.50. The number of halogens is 2. The molecule has 3 heterocycles. The average Bonchev–Trinajstić information content (AvgIpc) is 3.85. The number of hydrogen-bond donors (Lipinski definition) is 1. The molecular formula is C36H31F2N3O7S. The predicted octanol–water partition coefficient (Wildman–Crippen LogP) is 7.02. The van der Waals surface area contributed by atoms with Crippen LogP contribution in [0.25, 0.3) is 56.0 Å². The van der Waals surface area contributed by atoms with Crippen molar-refractivity contribution in [2.45, 2.75) is 6.42 Å². The SMILES string of the molecule is CNC(=O)c1c(-c2ccc(F)cc2)oc2cc(N(CC3CCOC3)S(C)(=O)=O)c(-c3ccc(OC)c(-c4nc5c(F)cccc5o4)c3)cc12. The second-order valence-electron chi connectivity index (χ2n) is 11.8. The number of carbonyl (C=O) groups is 1. The molecule has 252 valence electrons. The van der Waals surface area contributed by atoms with Crippen LogP contribution in [0.3, 0.4) is 0 Å². The van der Waals surface area contributed by atoms with E-state index < -0.39 is 27.6 Å². The minimum Gasteiger partial charge on any atom is -0.496 e. The Kier molecular flexibility index (Phi) is 8.33. The Labute approximate surface area is 280 Å². The van der Waals surface area contributed by atoms with Crippen LogP contribution in [0.2, 0.25) is 0 Å². The van der Waals surface area contributed by atoms with Gasteiger partial charge >= 0.3 is 0 Å². The first-order valence-corrected chi connectivity index (χ1v) is 17.3. The first-order valence-electron chi connectivity index (χ1n) is 15.4. The van der Waals surface area contributed by atoms with Crippen LogP contribution in [0.15, 0.2) is 81.6 Å². The van der Waals surface area contributed by atoms with E-state index in [9.17, 15) is 22.0 Å². The van der Waals surface area contributed by atoms with Crippen molar-refractivity contribution in [1.29, 1.82) is 0 Å². The Bertz CT molecular complexity index is 2330. The van der Waals surface area contributed by atoms with Gasteiger partial charge in [0.15, 0.2) is 11.4 Å². The molecule has 1 fully saturated rings. The van der Waals surface area contributed by atoms with Gasteiger partial charge in [0.1, 0.15) is 28.4 Å². The van der Waals surface area contributed by atoms with E-state index in [-0.39, 0.29) is 46.4 Å². The standard InChI is InChI=1S/C36H31F2N3O7S/c1-39-35(42)32-25-16-24(22-9-12-29(45-2)26(15-22)36-40-33-27(38)5-4-6-30(33)48-36)28(41(49(3,43)44)18-20-13-14-46-19-20)17-31(25)47-34(32)21-7-10-23(37)11-8-21/h4-12,15-17,20H,13-14,18-19H2,1-3H3,(H,39,42). The Hall–Kier alpha value is -5.27. The monoisotopic (exact) mass is 687 g/mol. The fourth-order valence-corrected chi connectivity index (χ4v) is 7.16. The summed E-state index contributed by atoms with van der Waals surface area (Å²) in [7, 11) is -0.902. The summed E-state index contributed by atoms with van der Waals surface area (Å²) in [6.45, 7) is 1.06. The van der Waals surface area contributed by atoms with Crippen LogP contribution in [0.1, 0.15) is 16.8 Å². The lowest BCUT2D eigenvalue weighted by Crippen LogP contribution is -2.35. The quantitative estimate of drug-likeness (QED) is 0.172. The lowest BCUT2D eigenvalue weighted by molar-refractivity contribution is 0.0964. The Morgan fingerprint density at radius 3 is 2.45 bits per heavy atom. The molecule has 1 atom stereocenters. The van der Waals surface area contributed by atoms with E-state index in [4.69, 9.17) is 18.3 Å². The van der Waals surface area contributed by atoms with Gasteiger partial charge in [-0.25, -0.2) is 22.2 Å². The van der Waals surface area contributed by atoms with Crippen LogP contribution in [0, 0.1) is 17.6 Å².